The molecule has 0 fully saturated rings. The van der Waals surface area contributed by atoms with E-state index in [-0.39, 0.29) is 12.5 Å². The summed E-state index contributed by atoms with van der Waals surface area (Å²) in [6, 6.07) is 10.8. The fourth-order valence-corrected chi connectivity index (χ4v) is 4.02. The first-order chi connectivity index (χ1) is 9.93. The molecule has 2 aromatic carbocycles. The summed E-state index contributed by atoms with van der Waals surface area (Å²) in [5, 5.41) is 11.7. The molecular weight excluding hydrogens is 441 g/mol. The molecule has 2 nitrogen and oxygen atoms in total. The van der Waals surface area contributed by atoms with Gasteiger partial charge in [-0.3, -0.25) is 0 Å². The zero-order valence-electron chi connectivity index (χ0n) is 10.9. The van der Waals surface area contributed by atoms with Gasteiger partial charge in [-0.15, -0.1) is 0 Å². The van der Waals surface area contributed by atoms with Gasteiger partial charge in [0.15, 0.2) is 0 Å². The molecule has 0 aliphatic rings. The van der Waals surface area contributed by atoms with Gasteiger partial charge in [-0.25, -0.2) is 0 Å². The van der Waals surface area contributed by atoms with Crippen LogP contribution in [0.15, 0.2) is 45.3 Å². The van der Waals surface area contributed by atoms with Crippen molar-refractivity contribution in [1.82, 2.24) is 0 Å². The van der Waals surface area contributed by atoms with Gasteiger partial charge in [-0.1, -0.05) is 67.2 Å². The average Bonchev–Trinajstić information content (AvgIpc) is 2.41. The maximum Gasteiger partial charge on any atom is 0.0882 e. The Morgan fingerprint density at radius 3 is 2.29 bits per heavy atom. The minimum absolute atomic E-state index is 0.269. The number of hydrogen-bond donors (Lipinski definition) is 2. The molecule has 2 aromatic rings. The van der Waals surface area contributed by atoms with Gasteiger partial charge in [-0.2, -0.15) is 0 Å². The minimum atomic E-state index is -0.767. The van der Waals surface area contributed by atoms with E-state index in [2.05, 4.69) is 31.9 Å². The summed E-state index contributed by atoms with van der Waals surface area (Å²) in [5.74, 6) is -0.313. The van der Waals surface area contributed by atoms with E-state index < -0.39 is 6.10 Å². The van der Waals surface area contributed by atoms with Crippen LogP contribution < -0.4 is 5.73 Å². The van der Waals surface area contributed by atoms with Crippen LogP contribution in [0.3, 0.4) is 0 Å². The topological polar surface area (TPSA) is 46.2 Å². The molecule has 0 spiro atoms. The lowest BCUT2D eigenvalue weighted by molar-refractivity contribution is 0.146. The Morgan fingerprint density at radius 2 is 1.71 bits per heavy atom. The first kappa shape index (κ1) is 17.3. The monoisotopic (exact) mass is 451 g/mol. The van der Waals surface area contributed by atoms with Crippen molar-refractivity contribution < 1.29 is 5.11 Å². The lowest BCUT2D eigenvalue weighted by Gasteiger charge is -2.24. The minimum Gasteiger partial charge on any atom is -0.388 e. The quantitative estimate of drug-likeness (QED) is 0.660. The summed E-state index contributed by atoms with van der Waals surface area (Å²) in [6.45, 7) is 0.269. The predicted octanol–water partition coefficient (Wildman–Crippen LogP) is 5.29. The summed E-state index contributed by atoms with van der Waals surface area (Å²) in [7, 11) is 0. The zero-order valence-corrected chi connectivity index (χ0v) is 15.5. The van der Waals surface area contributed by atoms with E-state index in [1.165, 1.54) is 0 Å². The smallest absolute Gasteiger partial charge is 0.0882 e. The van der Waals surface area contributed by atoms with E-state index in [9.17, 15) is 5.11 Å². The molecule has 2 rings (SSSR count). The van der Waals surface area contributed by atoms with Crippen molar-refractivity contribution in [2.24, 2.45) is 5.73 Å². The van der Waals surface area contributed by atoms with Crippen LogP contribution in [0.4, 0.5) is 0 Å². The molecule has 0 bridgehead atoms. The van der Waals surface area contributed by atoms with E-state index >= 15 is 0 Å². The third-order valence-electron chi connectivity index (χ3n) is 3.28. The maximum absolute atomic E-state index is 10.7. The third-order valence-corrected chi connectivity index (χ3v) is 5.02. The van der Waals surface area contributed by atoms with Gasteiger partial charge >= 0.3 is 0 Å². The lowest BCUT2D eigenvalue weighted by atomic mass is 9.89. The Balaban J connectivity index is 2.40. The van der Waals surface area contributed by atoms with Crippen LogP contribution in [-0.4, -0.2) is 11.7 Å². The number of aliphatic hydroxyl groups excluding tert-OH is 1. The molecule has 0 aliphatic heterocycles. The number of hydrogen-bond acceptors (Lipinski definition) is 2. The van der Waals surface area contributed by atoms with E-state index in [0.717, 1.165) is 20.1 Å². The standard InChI is InChI=1S/C15H13Br2Cl2NO/c16-8-1-3-11(13(17)5-8)15(21)12(7-20)10-4-2-9(18)6-14(10)19/h1-6,12,15,21H,7,20H2. The highest BCUT2D eigenvalue weighted by atomic mass is 79.9. The van der Waals surface area contributed by atoms with Crippen molar-refractivity contribution in [2.75, 3.05) is 6.54 Å². The number of halogens is 4. The summed E-state index contributed by atoms with van der Waals surface area (Å²) >= 11 is 19.0. The number of rotatable bonds is 4. The Kier molecular flexibility index (Phi) is 6.12. The number of nitrogens with two attached hydrogens (primary N) is 1. The summed E-state index contributed by atoms with van der Waals surface area (Å²) in [4.78, 5) is 0. The van der Waals surface area contributed by atoms with Crippen LogP contribution >= 0.6 is 55.1 Å². The van der Waals surface area contributed by atoms with E-state index in [0.29, 0.717) is 10.0 Å². The van der Waals surface area contributed by atoms with Crippen LogP contribution in [0.1, 0.15) is 23.1 Å². The van der Waals surface area contributed by atoms with Crippen molar-refractivity contribution in [3.8, 4) is 0 Å². The van der Waals surface area contributed by atoms with Crippen molar-refractivity contribution in [3.63, 3.8) is 0 Å². The van der Waals surface area contributed by atoms with Crippen molar-refractivity contribution in [2.45, 2.75) is 12.0 Å². The van der Waals surface area contributed by atoms with Crippen molar-refractivity contribution >= 4 is 55.1 Å². The Morgan fingerprint density at radius 1 is 1.05 bits per heavy atom. The van der Waals surface area contributed by atoms with Gasteiger partial charge in [0.1, 0.15) is 0 Å². The molecule has 21 heavy (non-hydrogen) atoms. The first-order valence-electron chi connectivity index (χ1n) is 6.22. The second-order valence-electron chi connectivity index (χ2n) is 4.62. The second-order valence-corrected chi connectivity index (χ2v) is 7.23. The Labute approximate surface area is 150 Å². The van der Waals surface area contributed by atoms with E-state index in [1.54, 1.807) is 18.2 Å². The van der Waals surface area contributed by atoms with Gasteiger partial charge in [0.05, 0.1) is 6.10 Å². The zero-order chi connectivity index (χ0) is 15.6. The van der Waals surface area contributed by atoms with Crippen molar-refractivity contribution in [3.05, 3.63) is 66.5 Å². The molecule has 0 amide bonds. The summed E-state index contributed by atoms with van der Waals surface area (Å²) in [6.07, 6.45) is -0.767. The Bertz CT molecular complexity index is 652. The predicted molar refractivity (Wildman–Crippen MR) is 95.1 cm³/mol. The van der Waals surface area contributed by atoms with Crippen LogP contribution in [-0.2, 0) is 0 Å². The number of aliphatic hydroxyl groups is 1. The molecule has 0 saturated heterocycles. The van der Waals surface area contributed by atoms with Gasteiger partial charge < -0.3 is 10.8 Å². The lowest BCUT2D eigenvalue weighted by Crippen LogP contribution is -2.20. The van der Waals surface area contributed by atoms with Crippen molar-refractivity contribution in [1.29, 1.82) is 0 Å². The molecule has 0 aliphatic carbocycles. The molecule has 0 radical (unpaired) electrons. The highest BCUT2D eigenvalue weighted by Gasteiger charge is 2.25. The van der Waals surface area contributed by atoms with E-state index in [1.807, 2.05) is 18.2 Å². The third kappa shape index (κ3) is 4.01. The number of benzene rings is 2. The van der Waals surface area contributed by atoms with Crippen LogP contribution in [0.5, 0.6) is 0 Å². The van der Waals surface area contributed by atoms with Gasteiger partial charge in [0.2, 0.25) is 0 Å². The molecule has 0 saturated carbocycles. The van der Waals surface area contributed by atoms with Crippen LogP contribution in [0, 0.1) is 0 Å². The highest BCUT2D eigenvalue weighted by molar-refractivity contribution is 9.11. The summed E-state index contributed by atoms with van der Waals surface area (Å²) < 4.78 is 1.74. The maximum atomic E-state index is 10.7. The molecule has 112 valence electrons. The molecule has 3 N–H and O–H groups in total. The van der Waals surface area contributed by atoms with Gasteiger partial charge in [0.25, 0.3) is 0 Å². The highest BCUT2D eigenvalue weighted by Crippen LogP contribution is 2.38. The molecular formula is C15H13Br2Cl2NO. The normalized spacial score (nSPS) is 14.0. The second kappa shape index (κ2) is 7.44. The molecule has 2 unspecified atom stereocenters. The van der Waals surface area contributed by atoms with E-state index in [4.69, 9.17) is 28.9 Å². The fourth-order valence-electron chi connectivity index (χ4n) is 2.19. The average molecular weight is 454 g/mol. The summed E-state index contributed by atoms with van der Waals surface area (Å²) in [5.41, 5.74) is 7.40. The fraction of sp³-hybridized carbons (Fsp3) is 0.200. The SMILES string of the molecule is NCC(c1ccc(Cl)cc1Cl)C(O)c1ccc(Br)cc1Br. The molecule has 0 heterocycles. The van der Waals surface area contributed by atoms with Gasteiger partial charge in [-0.05, 0) is 35.4 Å². The molecule has 0 aromatic heterocycles. The molecule has 2 atom stereocenters. The molecule has 6 heteroatoms. The van der Waals surface area contributed by atoms with Crippen LogP contribution in [0.2, 0.25) is 10.0 Å². The van der Waals surface area contributed by atoms with Crippen LogP contribution in [0.25, 0.3) is 0 Å². The largest absolute Gasteiger partial charge is 0.388 e. The van der Waals surface area contributed by atoms with Gasteiger partial charge in [0, 0.05) is 31.5 Å². The first-order valence-corrected chi connectivity index (χ1v) is 8.56. The Hall–Kier alpha value is -0.100.